The molecule has 11 heteroatoms. The van der Waals surface area contributed by atoms with Gasteiger partial charge in [-0.1, -0.05) is 95.4 Å². The topological polar surface area (TPSA) is 101 Å². The van der Waals surface area contributed by atoms with E-state index in [2.05, 4.69) is 39.4 Å². The number of aliphatic hydroxyl groups is 1. The molecule has 1 aliphatic rings. The summed E-state index contributed by atoms with van der Waals surface area (Å²) in [5.74, 6) is -1.30. The fraction of sp³-hybridized carbons (Fsp3) is 0.0938. The number of aliphatic hydroxyl groups excluding tert-OH is 1. The first-order valence-electron chi connectivity index (χ1n) is 13.3. The zero-order valence-electron chi connectivity index (χ0n) is 22.6. The molecular weight excluding hydrogens is 602 g/mol. The van der Waals surface area contributed by atoms with Crippen molar-refractivity contribution in [1.29, 1.82) is 0 Å². The number of thioether (sulfide) groups is 1. The molecule has 1 amide bonds. The number of ketones is 1. The van der Waals surface area contributed by atoms with Gasteiger partial charge in [0.25, 0.3) is 5.78 Å². The van der Waals surface area contributed by atoms with Crippen LogP contribution in [0, 0.1) is 6.92 Å². The van der Waals surface area contributed by atoms with Crippen LogP contribution in [0.1, 0.15) is 28.6 Å². The molecule has 8 nitrogen and oxygen atoms in total. The molecule has 1 atom stereocenters. The molecule has 1 saturated heterocycles. The van der Waals surface area contributed by atoms with Crippen molar-refractivity contribution in [2.75, 3.05) is 4.90 Å². The second kappa shape index (κ2) is 11.0. The molecule has 4 heterocycles. The van der Waals surface area contributed by atoms with Crippen LogP contribution < -0.4 is 4.90 Å². The normalized spacial score (nSPS) is 16.5. The number of benzene rings is 3. The zero-order valence-corrected chi connectivity index (χ0v) is 25.0. The quantitative estimate of drug-likeness (QED) is 0.0687. The standard InChI is InChI=1S/C32H22ClN5O3S2/c1-18-26(37-15-5-4-14-24(37)34-18)28(39)25-27(20-10-7-12-22(33)16-20)38(30(41)29(25)40)31-35-36-32(43-31)42-17-21-11-6-9-19-8-2-3-13-23(19)21/h2-16,27,39H,17H2,1H3/b28-25+. The molecule has 1 aliphatic heterocycles. The predicted octanol–water partition coefficient (Wildman–Crippen LogP) is 7.22. The number of fused-ring (bicyclic) bond motifs is 2. The Balaban J connectivity index is 1.29. The molecule has 0 bridgehead atoms. The Morgan fingerprint density at radius 1 is 1.00 bits per heavy atom. The molecule has 6 aromatic rings. The van der Waals surface area contributed by atoms with Crippen LogP contribution in [0.25, 0.3) is 22.2 Å². The van der Waals surface area contributed by atoms with E-state index < -0.39 is 17.7 Å². The number of nitrogens with zero attached hydrogens (tertiary/aromatic N) is 5. The van der Waals surface area contributed by atoms with Crippen molar-refractivity contribution in [3.8, 4) is 0 Å². The summed E-state index contributed by atoms with van der Waals surface area (Å²) < 4.78 is 2.34. The number of halogens is 1. The molecule has 0 saturated carbocycles. The van der Waals surface area contributed by atoms with Crippen LogP contribution in [0.15, 0.2) is 101 Å². The van der Waals surface area contributed by atoms with Crippen molar-refractivity contribution < 1.29 is 14.7 Å². The van der Waals surface area contributed by atoms with Gasteiger partial charge in [0.2, 0.25) is 5.13 Å². The van der Waals surface area contributed by atoms with Gasteiger partial charge in [0.05, 0.1) is 17.3 Å². The summed E-state index contributed by atoms with van der Waals surface area (Å²) >= 11 is 9.08. The summed E-state index contributed by atoms with van der Waals surface area (Å²) in [5.41, 5.74) is 3.10. The molecule has 0 aliphatic carbocycles. The van der Waals surface area contributed by atoms with Crippen molar-refractivity contribution in [3.63, 3.8) is 0 Å². The minimum atomic E-state index is -0.976. The van der Waals surface area contributed by atoms with Crippen LogP contribution >= 0.6 is 34.7 Å². The number of Topliss-reactive ketones (excluding diaryl/α,β-unsaturated/α-hetero) is 1. The fourth-order valence-corrected chi connectivity index (χ4v) is 7.53. The third kappa shape index (κ3) is 4.77. The number of hydrogen-bond acceptors (Lipinski definition) is 8. The molecule has 1 fully saturated rings. The van der Waals surface area contributed by atoms with Crippen molar-refractivity contribution in [3.05, 3.63) is 124 Å². The molecule has 7 rings (SSSR count). The van der Waals surface area contributed by atoms with Gasteiger partial charge in [-0.15, -0.1) is 10.2 Å². The lowest BCUT2D eigenvalue weighted by Gasteiger charge is -2.22. The lowest BCUT2D eigenvalue weighted by atomic mass is 9.96. The van der Waals surface area contributed by atoms with E-state index in [1.54, 1.807) is 53.9 Å². The number of hydrogen-bond donors (Lipinski definition) is 1. The number of aromatic nitrogens is 4. The number of aryl methyl sites for hydroxylation is 1. The van der Waals surface area contributed by atoms with E-state index in [0.29, 0.717) is 37.7 Å². The lowest BCUT2D eigenvalue weighted by molar-refractivity contribution is -0.132. The summed E-state index contributed by atoms with van der Waals surface area (Å²) in [6.45, 7) is 1.75. The van der Waals surface area contributed by atoms with Gasteiger partial charge in [-0.25, -0.2) is 4.98 Å². The Morgan fingerprint density at radius 2 is 1.79 bits per heavy atom. The molecular formula is C32H22ClN5O3S2. The van der Waals surface area contributed by atoms with E-state index in [4.69, 9.17) is 11.6 Å². The van der Waals surface area contributed by atoms with Gasteiger partial charge in [0.1, 0.15) is 11.3 Å². The predicted molar refractivity (Wildman–Crippen MR) is 170 cm³/mol. The van der Waals surface area contributed by atoms with E-state index in [-0.39, 0.29) is 16.5 Å². The number of carbonyl (C=O) groups excluding carboxylic acids is 2. The third-order valence-electron chi connectivity index (χ3n) is 7.37. The summed E-state index contributed by atoms with van der Waals surface area (Å²) in [6.07, 6.45) is 1.75. The van der Waals surface area contributed by atoms with Crippen molar-refractivity contribution in [2.24, 2.45) is 0 Å². The molecule has 43 heavy (non-hydrogen) atoms. The van der Waals surface area contributed by atoms with E-state index in [0.717, 1.165) is 16.3 Å². The maximum atomic E-state index is 13.7. The average Bonchev–Trinajstić information content (AvgIpc) is 3.69. The molecule has 1 unspecified atom stereocenters. The molecule has 212 valence electrons. The van der Waals surface area contributed by atoms with Gasteiger partial charge in [-0.2, -0.15) is 0 Å². The molecule has 3 aromatic carbocycles. The van der Waals surface area contributed by atoms with Gasteiger partial charge in [-0.3, -0.25) is 18.9 Å². The second-order valence-electron chi connectivity index (χ2n) is 9.98. The SMILES string of the molecule is Cc1nc2ccccn2c1/C(O)=C1\C(=O)C(=O)N(c2nnc(SCc3cccc4ccccc34)s2)C1c1cccc(Cl)c1. The number of anilines is 1. The highest BCUT2D eigenvalue weighted by Gasteiger charge is 2.49. The van der Waals surface area contributed by atoms with Crippen molar-refractivity contribution in [1.82, 2.24) is 19.6 Å². The summed E-state index contributed by atoms with van der Waals surface area (Å²) in [4.78, 5) is 33.1. The first kappa shape index (κ1) is 27.3. The third-order valence-corrected chi connectivity index (χ3v) is 9.71. The molecule has 0 radical (unpaired) electrons. The fourth-order valence-electron chi connectivity index (χ4n) is 5.46. The van der Waals surface area contributed by atoms with Gasteiger partial charge in [0.15, 0.2) is 10.1 Å². The van der Waals surface area contributed by atoms with E-state index in [9.17, 15) is 14.7 Å². The highest BCUT2D eigenvalue weighted by molar-refractivity contribution is 8.00. The maximum absolute atomic E-state index is 13.7. The summed E-state index contributed by atoms with van der Waals surface area (Å²) in [7, 11) is 0. The van der Waals surface area contributed by atoms with Crippen molar-refractivity contribution >= 4 is 73.7 Å². The van der Waals surface area contributed by atoms with E-state index in [1.165, 1.54) is 28.0 Å². The van der Waals surface area contributed by atoms with Crippen molar-refractivity contribution in [2.45, 2.75) is 23.1 Å². The zero-order chi connectivity index (χ0) is 29.7. The highest BCUT2D eigenvalue weighted by atomic mass is 35.5. The number of amides is 1. The molecule has 3 aromatic heterocycles. The molecule has 1 N–H and O–H groups in total. The average molecular weight is 624 g/mol. The Bertz CT molecular complexity index is 2100. The lowest BCUT2D eigenvalue weighted by Crippen LogP contribution is -2.29. The minimum absolute atomic E-state index is 0.0684. The minimum Gasteiger partial charge on any atom is -0.505 e. The smallest absolute Gasteiger partial charge is 0.301 e. The monoisotopic (exact) mass is 623 g/mol. The number of pyridine rings is 1. The van der Waals surface area contributed by atoms with Gasteiger partial charge >= 0.3 is 5.91 Å². The van der Waals surface area contributed by atoms with Crippen LogP contribution in [-0.4, -0.2) is 36.4 Å². The number of carbonyl (C=O) groups is 2. The van der Waals surface area contributed by atoms with Gasteiger partial charge in [-0.05, 0) is 53.1 Å². The van der Waals surface area contributed by atoms with E-state index in [1.807, 2.05) is 24.3 Å². The van der Waals surface area contributed by atoms with Crippen LogP contribution in [0.5, 0.6) is 0 Å². The van der Waals surface area contributed by atoms with E-state index >= 15 is 0 Å². The Morgan fingerprint density at radius 3 is 2.65 bits per heavy atom. The van der Waals surface area contributed by atoms with Crippen LogP contribution in [-0.2, 0) is 15.3 Å². The highest BCUT2D eigenvalue weighted by Crippen LogP contribution is 2.45. The second-order valence-corrected chi connectivity index (χ2v) is 12.6. The largest absolute Gasteiger partial charge is 0.505 e. The molecule has 0 spiro atoms. The van der Waals surface area contributed by atoms with Crippen LogP contribution in [0.2, 0.25) is 5.02 Å². The Labute approximate surface area is 259 Å². The first-order valence-corrected chi connectivity index (χ1v) is 15.5. The Hall–Kier alpha value is -4.51. The first-order chi connectivity index (χ1) is 20.9. The summed E-state index contributed by atoms with van der Waals surface area (Å²) in [6, 6.07) is 25.7. The van der Waals surface area contributed by atoms with Gasteiger partial charge < -0.3 is 5.11 Å². The Kier molecular flexibility index (Phi) is 6.97. The summed E-state index contributed by atoms with van der Waals surface area (Å²) in [5, 5.41) is 23.4. The van der Waals surface area contributed by atoms with Crippen LogP contribution in [0.4, 0.5) is 5.13 Å². The maximum Gasteiger partial charge on any atom is 0.301 e. The van der Waals surface area contributed by atoms with Crippen LogP contribution in [0.3, 0.4) is 0 Å². The van der Waals surface area contributed by atoms with Gasteiger partial charge in [0, 0.05) is 17.0 Å². The number of imidazole rings is 1. The number of rotatable bonds is 6.